The highest BCUT2D eigenvalue weighted by Crippen LogP contribution is 2.31. The molecule has 0 unspecified atom stereocenters. The van der Waals surface area contributed by atoms with Gasteiger partial charge in [-0.05, 0) is 44.9 Å². The van der Waals surface area contributed by atoms with Crippen LogP contribution in [0, 0.1) is 6.92 Å². The summed E-state index contributed by atoms with van der Waals surface area (Å²) in [5.74, 6) is -0.325. The molecule has 0 saturated heterocycles. The Labute approximate surface area is 251 Å². The van der Waals surface area contributed by atoms with E-state index in [2.05, 4.69) is 20.7 Å². The van der Waals surface area contributed by atoms with Crippen LogP contribution in [0.4, 0.5) is 5.95 Å². The molecule has 1 aromatic carbocycles. The minimum absolute atomic E-state index is 0.105. The Morgan fingerprint density at radius 1 is 1.05 bits per heavy atom. The third kappa shape index (κ3) is 9.24. The predicted octanol–water partition coefficient (Wildman–Crippen LogP) is 1.80. The number of aryl methyl sites for hydroxylation is 3. The van der Waals surface area contributed by atoms with Gasteiger partial charge in [-0.15, -0.1) is 0 Å². The van der Waals surface area contributed by atoms with Crippen LogP contribution in [0.1, 0.15) is 53.2 Å². The Hall–Kier alpha value is -4.01. The molecule has 2 heterocycles. The van der Waals surface area contributed by atoms with Crippen molar-refractivity contribution < 1.29 is 28.6 Å². The minimum Gasteiger partial charge on any atom is -0.491 e. The molecule has 0 saturated carbocycles. The number of benzene rings is 1. The van der Waals surface area contributed by atoms with E-state index in [0.717, 1.165) is 12.1 Å². The van der Waals surface area contributed by atoms with E-state index in [0.29, 0.717) is 80.8 Å². The van der Waals surface area contributed by atoms with Gasteiger partial charge in [0, 0.05) is 52.5 Å². The number of fused-ring (bicyclic) bond motifs is 1. The van der Waals surface area contributed by atoms with Crippen LogP contribution in [-0.2, 0) is 27.4 Å². The molecule has 4 N–H and O–H groups in total. The number of methoxy groups -OCH3 is 2. The van der Waals surface area contributed by atoms with Gasteiger partial charge in [-0.2, -0.15) is 5.10 Å². The Kier molecular flexibility index (Phi) is 12.9. The van der Waals surface area contributed by atoms with Crippen molar-refractivity contribution >= 4 is 34.7 Å². The number of nitrogens with two attached hydrogens (primary N) is 1. The summed E-state index contributed by atoms with van der Waals surface area (Å²) in [6.07, 6.45) is 1.28. The van der Waals surface area contributed by atoms with Gasteiger partial charge >= 0.3 is 0 Å². The third-order valence-electron chi connectivity index (χ3n) is 6.69. The highest BCUT2D eigenvalue weighted by atomic mass is 16.5. The second-order valence-corrected chi connectivity index (χ2v) is 10.0. The zero-order valence-corrected chi connectivity index (χ0v) is 25.8. The van der Waals surface area contributed by atoms with Crippen molar-refractivity contribution in [3.8, 4) is 5.75 Å². The van der Waals surface area contributed by atoms with Crippen molar-refractivity contribution in [3.63, 3.8) is 0 Å². The normalized spacial score (nSPS) is 11.3. The average molecular weight is 601 g/mol. The standard InChI is InChI=1S/C29H44N8O6/c1-6-10-36-26-22(32-29(36)33-28(40)23-16-20(3)34-37(23)7-2)17-21(27(30)39)18-24(26)43-13-8-9-31-25(38)19-35(11-14-41-4)12-15-42-5/h16-18H,6-15,19H2,1-5H3,(H2,30,39)(H,31,38)(H,32,33,40). The molecular weight excluding hydrogens is 556 g/mol. The Morgan fingerprint density at radius 3 is 2.40 bits per heavy atom. The summed E-state index contributed by atoms with van der Waals surface area (Å²) < 4.78 is 19.9. The van der Waals surface area contributed by atoms with E-state index in [-0.39, 0.29) is 30.5 Å². The highest BCUT2D eigenvalue weighted by molar-refractivity contribution is 6.04. The molecular formula is C29H44N8O6. The molecule has 3 amide bonds. The number of hydrogen-bond acceptors (Lipinski definition) is 9. The van der Waals surface area contributed by atoms with Crippen LogP contribution in [0.2, 0.25) is 0 Å². The van der Waals surface area contributed by atoms with Crippen LogP contribution in [0.3, 0.4) is 0 Å². The van der Waals surface area contributed by atoms with E-state index < -0.39 is 5.91 Å². The average Bonchev–Trinajstić information content (AvgIpc) is 3.53. The van der Waals surface area contributed by atoms with Crippen molar-refractivity contribution in [2.45, 2.75) is 46.7 Å². The van der Waals surface area contributed by atoms with Gasteiger partial charge in [0.05, 0.1) is 37.6 Å². The number of nitrogens with one attached hydrogen (secondary N) is 2. The Morgan fingerprint density at radius 2 is 1.77 bits per heavy atom. The minimum atomic E-state index is -0.622. The van der Waals surface area contributed by atoms with E-state index >= 15 is 0 Å². The van der Waals surface area contributed by atoms with Gasteiger partial charge in [0.2, 0.25) is 17.8 Å². The van der Waals surface area contributed by atoms with Gasteiger partial charge in [0.15, 0.2) is 0 Å². The van der Waals surface area contributed by atoms with Crippen LogP contribution in [0.15, 0.2) is 18.2 Å². The zero-order valence-electron chi connectivity index (χ0n) is 25.8. The molecule has 0 aliphatic heterocycles. The van der Waals surface area contributed by atoms with Crippen molar-refractivity contribution in [2.24, 2.45) is 5.73 Å². The number of rotatable bonds is 19. The first-order chi connectivity index (χ1) is 20.7. The molecule has 0 aliphatic carbocycles. The Balaban J connectivity index is 1.73. The summed E-state index contributed by atoms with van der Waals surface area (Å²) in [7, 11) is 3.25. The number of primary amides is 1. The van der Waals surface area contributed by atoms with Crippen LogP contribution in [0.25, 0.3) is 11.0 Å². The maximum Gasteiger partial charge on any atom is 0.276 e. The summed E-state index contributed by atoms with van der Waals surface area (Å²) in [6, 6.07) is 4.90. The number of imidazole rings is 1. The number of anilines is 1. The van der Waals surface area contributed by atoms with E-state index in [1.165, 1.54) is 0 Å². The van der Waals surface area contributed by atoms with Gasteiger partial charge in [0.1, 0.15) is 17.0 Å². The van der Waals surface area contributed by atoms with E-state index in [9.17, 15) is 14.4 Å². The molecule has 0 fully saturated rings. The van der Waals surface area contributed by atoms with Crippen LogP contribution in [-0.4, -0.2) is 102 Å². The molecule has 0 atom stereocenters. The lowest BCUT2D eigenvalue weighted by molar-refractivity contribution is -0.122. The van der Waals surface area contributed by atoms with Crippen molar-refractivity contribution in [2.75, 3.05) is 65.5 Å². The number of ether oxygens (including phenoxy) is 3. The van der Waals surface area contributed by atoms with Gasteiger partial charge in [-0.1, -0.05) is 6.92 Å². The lowest BCUT2D eigenvalue weighted by Gasteiger charge is -2.21. The fraction of sp³-hybridized carbons (Fsp3) is 0.552. The maximum atomic E-state index is 13.2. The van der Waals surface area contributed by atoms with Gasteiger partial charge < -0.3 is 29.8 Å². The van der Waals surface area contributed by atoms with Crippen molar-refractivity contribution in [1.29, 1.82) is 0 Å². The number of aromatic nitrogens is 4. The lowest BCUT2D eigenvalue weighted by atomic mass is 10.1. The molecule has 0 aliphatic rings. The zero-order chi connectivity index (χ0) is 31.4. The first kappa shape index (κ1) is 33.5. The quantitative estimate of drug-likeness (QED) is 0.174. The third-order valence-corrected chi connectivity index (χ3v) is 6.69. The molecule has 14 heteroatoms. The van der Waals surface area contributed by atoms with Crippen LogP contribution < -0.4 is 21.1 Å². The highest BCUT2D eigenvalue weighted by Gasteiger charge is 2.21. The molecule has 14 nitrogen and oxygen atoms in total. The number of carbonyl (C=O) groups is 3. The topological polar surface area (TPSA) is 168 Å². The molecule has 43 heavy (non-hydrogen) atoms. The maximum absolute atomic E-state index is 13.2. The monoisotopic (exact) mass is 600 g/mol. The predicted molar refractivity (Wildman–Crippen MR) is 162 cm³/mol. The largest absolute Gasteiger partial charge is 0.491 e. The molecule has 3 rings (SSSR count). The Bertz CT molecular complexity index is 1380. The van der Waals surface area contributed by atoms with Crippen LogP contribution in [0.5, 0.6) is 5.75 Å². The summed E-state index contributed by atoms with van der Waals surface area (Å²) in [6.45, 7) is 10.0. The number of hydrogen-bond donors (Lipinski definition) is 3. The molecule has 0 spiro atoms. The van der Waals surface area contributed by atoms with Crippen molar-refractivity contribution in [1.82, 2.24) is 29.5 Å². The second-order valence-electron chi connectivity index (χ2n) is 10.0. The fourth-order valence-corrected chi connectivity index (χ4v) is 4.61. The fourth-order valence-electron chi connectivity index (χ4n) is 4.61. The van der Waals surface area contributed by atoms with E-state index in [4.69, 9.17) is 19.9 Å². The van der Waals surface area contributed by atoms with Gasteiger partial charge in [-0.25, -0.2) is 4.98 Å². The van der Waals surface area contributed by atoms with Gasteiger partial charge in [0.25, 0.3) is 5.91 Å². The molecule has 2 aromatic heterocycles. The summed E-state index contributed by atoms with van der Waals surface area (Å²) >= 11 is 0. The SMILES string of the molecule is CCCn1c(NC(=O)c2cc(C)nn2CC)nc2cc(C(N)=O)cc(OCCCNC(=O)CN(CCOC)CCOC)c21. The van der Waals surface area contributed by atoms with E-state index in [1.54, 1.807) is 37.1 Å². The summed E-state index contributed by atoms with van der Waals surface area (Å²) in [5.41, 5.74) is 8.11. The second kappa shape index (κ2) is 16.6. The summed E-state index contributed by atoms with van der Waals surface area (Å²) in [4.78, 5) is 44.4. The van der Waals surface area contributed by atoms with Gasteiger partial charge in [-0.3, -0.25) is 29.3 Å². The number of carbonyl (C=O) groups excluding carboxylic acids is 3. The molecule has 236 valence electrons. The molecule has 0 bridgehead atoms. The molecule has 0 radical (unpaired) electrons. The van der Waals surface area contributed by atoms with E-state index in [1.807, 2.05) is 30.2 Å². The summed E-state index contributed by atoms with van der Waals surface area (Å²) in [5, 5.41) is 10.2. The van der Waals surface area contributed by atoms with Crippen molar-refractivity contribution in [3.05, 3.63) is 35.2 Å². The number of nitrogens with zero attached hydrogens (tertiary/aromatic N) is 5. The number of amides is 3. The molecule has 3 aromatic rings. The first-order valence-corrected chi connectivity index (χ1v) is 14.5. The smallest absolute Gasteiger partial charge is 0.276 e. The first-order valence-electron chi connectivity index (χ1n) is 14.5. The lowest BCUT2D eigenvalue weighted by Crippen LogP contribution is -2.40. The van der Waals surface area contributed by atoms with Crippen LogP contribution >= 0.6 is 0 Å².